The highest BCUT2D eigenvalue weighted by atomic mass is 32.2. The zero-order valence-electron chi connectivity index (χ0n) is 21.4. The van der Waals surface area contributed by atoms with E-state index in [1.54, 1.807) is 43.5 Å². The first-order valence-electron chi connectivity index (χ1n) is 11.8. The van der Waals surface area contributed by atoms with E-state index in [4.69, 9.17) is 4.74 Å². The molecule has 0 aliphatic heterocycles. The van der Waals surface area contributed by atoms with Crippen LogP contribution in [-0.4, -0.2) is 57.1 Å². The smallest absolute Gasteiger partial charge is 0.244 e. The Kier molecular flexibility index (Phi) is 10.1. The molecule has 2 rings (SSSR count). The minimum absolute atomic E-state index is 0.0506. The van der Waals surface area contributed by atoms with E-state index in [0.717, 1.165) is 28.1 Å². The highest BCUT2D eigenvalue weighted by Gasteiger charge is 2.32. The molecule has 8 nitrogen and oxygen atoms in total. The lowest BCUT2D eigenvalue weighted by Crippen LogP contribution is -2.53. The van der Waals surface area contributed by atoms with Gasteiger partial charge in [-0.2, -0.15) is 0 Å². The lowest BCUT2D eigenvalue weighted by molar-refractivity contribution is -0.140. The molecule has 0 aliphatic carbocycles. The second kappa shape index (κ2) is 12.6. The third kappa shape index (κ3) is 7.99. The van der Waals surface area contributed by atoms with E-state index in [1.165, 1.54) is 4.90 Å². The van der Waals surface area contributed by atoms with Crippen molar-refractivity contribution in [1.29, 1.82) is 0 Å². The van der Waals surface area contributed by atoms with Crippen molar-refractivity contribution in [1.82, 2.24) is 10.2 Å². The number of nitrogens with one attached hydrogen (secondary N) is 1. The van der Waals surface area contributed by atoms with Crippen LogP contribution in [0.15, 0.2) is 48.5 Å². The van der Waals surface area contributed by atoms with Crippen molar-refractivity contribution in [3.63, 3.8) is 0 Å². The Morgan fingerprint density at radius 2 is 1.71 bits per heavy atom. The fraction of sp³-hybridized carbons (Fsp3) is 0.462. The molecule has 0 aromatic heterocycles. The molecule has 0 saturated heterocycles. The predicted octanol–water partition coefficient (Wildman–Crippen LogP) is 3.49. The van der Waals surface area contributed by atoms with Crippen molar-refractivity contribution in [2.75, 3.05) is 24.2 Å². The number of benzene rings is 2. The first-order chi connectivity index (χ1) is 16.5. The van der Waals surface area contributed by atoms with Crippen LogP contribution in [0.2, 0.25) is 0 Å². The van der Waals surface area contributed by atoms with Crippen LogP contribution in [0.25, 0.3) is 0 Å². The molecule has 35 heavy (non-hydrogen) atoms. The summed E-state index contributed by atoms with van der Waals surface area (Å²) in [5.74, 6) is -0.103. The first-order valence-corrected chi connectivity index (χ1v) is 13.6. The molecule has 2 atom stereocenters. The maximum absolute atomic E-state index is 13.7. The molecule has 0 radical (unpaired) electrons. The average molecular weight is 504 g/mol. The largest absolute Gasteiger partial charge is 0.497 e. The second-order valence-electron chi connectivity index (χ2n) is 8.72. The Morgan fingerprint density at radius 3 is 2.26 bits per heavy atom. The molecule has 192 valence electrons. The summed E-state index contributed by atoms with van der Waals surface area (Å²) in [5.41, 5.74) is 2.14. The number of rotatable bonds is 12. The Hall–Kier alpha value is -3.07. The molecule has 0 unspecified atom stereocenters. The number of sulfonamides is 1. The topological polar surface area (TPSA) is 96.0 Å². The van der Waals surface area contributed by atoms with Gasteiger partial charge in [-0.15, -0.1) is 0 Å². The number of carbonyl (C=O) groups is 2. The number of carbonyl (C=O) groups excluding carboxylic acids is 2. The number of hydrogen-bond acceptors (Lipinski definition) is 5. The van der Waals surface area contributed by atoms with Gasteiger partial charge in [0.25, 0.3) is 0 Å². The molecule has 1 N–H and O–H groups in total. The van der Waals surface area contributed by atoms with Crippen molar-refractivity contribution in [2.24, 2.45) is 0 Å². The van der Waals surface area contributed by atoms with Crippen LogP contribution in [0.5, 0.6) is 5.75 Å². The minimum Gasteiger partial charge on any atom is -0.497 e. The summed E-state index contributed by atoms with van der Waals surface area (Å²) >= 11 is 0. The van der Waals surface area contributed by atoms with Crippen LogP contribution in [0.4, 0.5) is 5.69 Å². The van der Waals surface area contributed by atoms with Gasteiger partial charge in [0.15, 0.2) is 0 Å². The molecule has 2 amide bonds. The van der Waals surface area contributed by atoms with Crippen LogP contribution in [0.1, 0.15) is 44.7 Å². The van der Waals surface area contributed by atoms with E-state index >= 15 is 0 Å². The predicted molar refractivity (Wildman–Crippen MR) is 139 cm³/mol. The second-order valence-corrected chi connectivity index (χ2v) is 10.6. The molecular formula is C26H37N3O5S. The lowest BCUT2D eigenvalue weighted by atomic mass is 10.1. The van der Waals surface area contributed by atoms with Gasteiger partial charge in [0.05, 0.1) is 19.1 Å². The highest BCUT2D eigenvalue weighted by molar-refractivity contribution is 7.92. The van der Waals surface area contributed by atoms with E-state index < -0.39 is 28.5 Å². The maximum atomic E-state index is 13.7. The molecule has 0 saturated carbocycles. The summed E-state index contributed by atoms with van der Waals surface area (Å²) in [6.07, 6.45) is 2.20. The molecule has 0 aliphatic rings. The zero-order valence-corrected chi connectivity index (χ0v) is 22.3. The third-order valence-corrected chi connectivity index (χ3v) is 7.02. The summed E-state index contributed by atoms with van der Waals surface area (Å²) in [5, 5.41) is 2.96. The average Bonchev–Trinajstić information content (AvgIpc) is 2.82. The quantitative estimate of drug-likeness (QED) is 0.478. The number of ether oxygens (including phenoxy) is 1. The molecule has 0 fully saturated rings. The van der Waals surface area contributed by atoms with E-state index in [2.05, 4.69) is 5.32 Å². The van der Waals surface area contributed by atoms with Crippen LogP contribution in [-0.2, 0) is 26.2 Å². The maximum Gasteiger partial charge on any atom is 0.244 e. The fourth-order valence-corrected chi connectivity index (χ4v) is 4.50. The van der Waals surface area contributed by atoms with E-state index in [0.29, 0.717) is 17.9 Å². The molecular weight excluding hydrogens is 466 g/mol. The van der Waals surface area contributed by atoms with Gasteiger partial charge in [-0.3, -0.25) is 13.9 Å². The van der Waals surface area contributed by atoms with E-state index in [1.807, 2.05) is 39.8 Å². The first kappa shape index (κ1) is 28.2. The van der Waals surface area contributed by atoms with Gasteiger partial charge >= 0.3 is 0 Å². The number of aryl methyl sites for hydroxylation is 1. The summed E-state index contributed by atoms with van der Waals surface area (Å²) in [4.78, 5) is 28.3. The van der Waals surface area contributed by atoms with Gasteiger partial charge in [-0.25, -0.2) is 8.42 Å². The van der Waals surface area contributed by atoms with Gasteiger partial charge in [-0.1, -0.05) is 43.7 Å². The normalized spacial score (nSPS) is 13.0. The number of anilines is 1. The lowest BCUT2D eigenvalue weighted by Gasteiger charge is -2.33. The Bertz CT molecular complexity index is 1100. The van der Waals surface area contributed by atoms with Crippen LogP contribution in [0.3, 0.4) is 0 Å². The van der Waals surface area contributed by atoms with E-state index in [-0.39, 0.29) is 18.5 Å². The minimum atomic E-state index is -3.75. The molecule has 9 heteroatoms. The van der Waals surface area contributed by atoms with Gasteiger partial charge in [0.1, 0.15) is 18.3 Å². The summed E-state index contributed by atoms with van der Waals surface area (Å²) in [6.45, 7) is 7.32. The van der Waals surface area contributed by atoms with Crippen molar-refractivity contribution in [3.05, 3.63) is 59.7 Å². The van der Waals surface area contributed by atoms with Crippen LogP contribution in [0, 0.1) is 6.92 Å². The molecule has 2 aromatic carbocycles. The molecule has 0 heterocycles. The van der Waals surface area contributed by atoms with Gasteiger partial charge in [-0.05, 0) is 56.5 Å². The zero-order chi connectivity index (χ0) is 26.2. The van der Waals surface area contributed by atoms with Crippen molar-refractivity contribution < 1.29 is 22.7 Å². The third-order valence-electron chi connectivity index (χ3n) is 5.88. The molecule has 2 aromatic rings. The van der Waals surface area contributed by atoms with Crippen molar-refractivity contribution in [3.8, 4) is 5.75 Å². The van der Waals surface area contributed by atoms with Gasteiger partial charge < -0.3 is 15.0 Å². The summed E-state index contributed by atoms with van der Waals surface area (Å²) < 4.78 is 31.6. The van der Waals surface area contributed by atoms with Gasteiger partial charge in [0.2, 0.25) is 21.8 Å². The summed E-state index contributed by atoms with van der Waals surface area (Å²) in [7, 11) is -2.20. The monoisotopic (exact) mass is 503 g/mol. The van der Waals surface area contributed by atoms with E-state index in [9.17, 15) is 18.0 Å². The number of amides is 2. The fourth-order valence-electron chi connectivity index (χ4n) is 3.65. The van der Waals surface area contributed by atoms with Crippen LogP contribution < -0.4 is 14.4 Å². The Labute approximate surface area is 209 Å². The van der Waals surface area contributed by atoms with Gasteiger partial charge in [0, 0.05) is 12.6 Å². The van der Waals surface area contributed by atoms with Crippen LogP contribution >= 0.6 is 0 Å². The van der Waals surface area contributed by atoms with Crippen molar-refractivity contribution in [2.45, 2.75) is 59.2 Å². The number of nitrogens with zero attached hydrogens (tertiary/aromatic N) is 2. The summed E-state index contributed by atoms with van der Waals surface area (Å²) in [6, 6.07) is 13.4. The number of methoxy groups -OCH3 is 1. The molecule has 0 spiro atoms. The number of hydrogen-bond donors (Lipinski definition) is 1. The molecule has 0 bridgehead atoms. The SMILES string of the molecule is CC[C@H](C(=O)N[C@@H](C)CC)N(Cc1cccc(OC)c1)C(=O)CN(c1ccc(C)cc1)S(C)(=O)=O. The van der Waals surface area contributed by atoms with Crippen molar-refractivity contribution >= 4 is 27.5 Å². The Balaban J connectivity index is 2.44. The highest BCUT2D eigenvalue weighted by Crippen LogP contribution is 2.21. The standard InChI is InChI=1S/C26H37N3O5S/c1-7-20(4)27-26(31)24(8-2)28(17-21-10-9-11-23(16-21)34-5)25(30)18-29(35(6,32)33)22-14-12-19(3)13-15-22/h9-16,20,24H,7-8,17-18H2,1-6H3,(H,27,31)/t20-,24+/m0/s1. The Morgan fingerprint density at radius 1 is 1.06 bits per heavy atom.